The quantitative estimate of drug-likeness (QED) is 0.376. The van der Waals surface area contributed by atoms with Crippen molar-refractivity contribution in [3.8, 4) is 0 Å². The molecule has 196 valence electrons. The molecule has 0 aliphatic carbocycles. The van der Waals surface area contributed by atoms with Crippen LogP contribution in [0, 0.1) is 5.41 Å². The molecule has 0 aromatic heterocycles. The molecule has 1 aliphatic heterocycles. The maximum atomic E-state index is 13.3. The van der Waals surface area contributed by atoms with Crippen LogP contribution in [0.3, 0.4) is 0 Å². The number of halogens is 6. The van der Waals surface area contributed by atoms with Crippen LogP contribution >= 0.6 is 0 Å². The second-order valence-corrected chi connectivity index (χ2v) is 9.11. The first-order valence-electron chi connectivity index (χ1n) is 11.2. The minimum absolute atomic E-state index is 0.0511. The van der Waals surface area contributed by atoms with Gasteiger partial charge >= 0.3 is 12.4 Å². The van der Waals surface area contributed by atoms with Gasteiger partial charge in [0.1, 0.15) is 6.29 Å². The number of aldehydes is 1. The van der Waals surface area contributed by atoms with Crippen molar-refractivity contribution in [1.29, 1.82) is 0 Å². The minimum atomic E-state index is -4.97. The highest BCUT2D eigenvalue weighted by Gasteiger charge is 2.47. The third-order valence-corrected chi connectivity index (χ3v) is 6.78. The van der Waals surface area contributed by atoms with Gasteiger partial charge < -0.3 is 20.6 Å². The van der Waals surface area contributed by atoms with E-state index in [0.717, 1.165) is 5.56 Å². The number of alkyl halides is 6. The maximum Gasteiger partial charge on any atom is 0.416 e. The second kappa shape index (κ2) is 10.2. The van der Waals surface area contributed by atoms with Crippen molar-refractivity contribution in [2.24, 2.45) is 11.1 Å². The highest BCUT2D eigenvalue weighted by atomic mass is 19.4. The van der Waals surface area contributed by atoms with E-state index in [2.05, 4.69) is 5.32 Å². The Morgan fingerprint density at radius 3 is 2.08 bits per heavy atom. The third kappa shape index (κ3) is 5.89. The fourth-order valence-electron chi connectivity index (χ4n) is 4.40. The Kier molecular flexibility index (Phi) is 7.85. The highest BCUT2D eigenvalue weighted by molar-refractivity contribution is 5.83. The number of carbonyl (C=O) groups is 2. The number of primary amides is 1. The first-order valence-corrected chi connectivity index (χ1v) is 11.2. The van der Waals surface area contributed by atoms with Gasteiger partial charge in [0.05, 0.1) is 34.8 Å². The van der Waals surface area contributed by atoms with E-state index in [0.29, 0.717) is 18.4 Å². The van der Waals surface area contributed by atoms with Crippen LogP contribution in [0.4, 0.5) is 26.3 Å². The number of ether oxygens (including phenoxy) is 1. The van der Waals surface area contributed by atoms with E-state index < -0.39 is 46.4 Å². The highest BCUT2D eigenvalue weighted by Crippen LogP contribution is 2.42. The van der Waals surface area contributed by atoms with E-state index in [4.69, 9.17) is 10.5 Å². The summed E-state index contributed by atoms with van der Waals surface area (Å²) in [5.74, 6) is -0.637. The van der Waals surface area contributed by atoms with Crippen LogP contribution in [0.5, 0.6) is 0 Å². The van der Waals surface area contributed by atoms with Crippen LogP contribution in [-0.2, 0) is 32.2 Å². The molecule has 5 nitrogen and oxygen atoms in total. The lowest BCUT2D eigenvalue weighted by Crippen LogP contribution is -2.59. The van der Waals surface area contributed by atoms with E-state index in [1.807, 2.05) is 0 Å². The topological polar surface area (TPSA) is 81.4 Å². The van der Waals surface area contributed by atoms with Gasteiger partial charge in [-0.1, -0.05) is 30.3 Å². The fourth-order valence-corrected chi connectivity index (χ4v) is 4.40. The van der Waals surface area contributed by atoms with Gasteiger partial charge in [-0.15, -0.1) is 0 Å². The normalized spacial score (nSPS) is 23.8. The summed E-state index contributed by atoms with van der Waals surface area (Å²) in [5, 5.41) is 3.24. The summed E-state index contributed by atoms with van der Waals surface area (Å²) in [7, 11) is 0. The zero-order valence-corrected chi connectivity index (χ0v) is 19.4. The molecule has 1 saturated heterocycles. The third-order valence-electron chi connectivity index (χ3n) is 6.78. The summed E-state index contributed by atoms with van der Waals surface area (Å²) in [6, 6.07) is 10.3. The minimum Gasteiger partial charge on any atom is -0.372 e. The summed E-state index contributed by atoms with van der Waals surface area (Å²) in [6.45, 7) is 1.30. The molecule has 1 fully saturated rings. The van der Waals surface area contributed by atoms with Gasteiger partial charge in [-0.2, -0.15) is 26.3 Å². The van der Waals surface area contributed by atoms with Crippen molar-refractivity contribution in [3.63, 3.8) is 0 Å². The first kappa shape index (κ1) is 27.7. The van der Waals surface area contributed by atoms with E-state index in [-0.39, 0.29) is 44.0 Å². The Labute approximate surface area is 204 Å². The largest absolute Gasteiger partial charge is 0.416 e. The Morgan fingerprint density at radius 2 is 1.64 bits per heavy atom. The molecule has 1 heterocycles. The van der Waals surface area contributed by atoms with Gasteiger partial charge in [0, 0.05) is 13.0 Å². The molecule has 2 aromatic carbocycles. The number of hydrogen-bond acceptors (Lipinski definition) is 4. The summed E-state index contributed by atoms with van der Waals surface area (Å²) in [6.07, 6.45) is -9.99. The molecule has 1 amide bonds. The van der Waals surface area contributed by atoms with Gasteiger partial charge in [-0.25, -0.2) is 0 Å². The van der Waals surface area contributed by atoms with E-state index in [1.54, 1.807) is 30.3 Å². The molecule has 3 rings (SSSR count). The molecule has 2 aromatic rings. The van der Waals surface area contributed by atoms with Crippen LogP contribution in [0.2, 0.25) is 0 Å². The molecule has 0 radical (unpaired) electrons. The van der Waals surface area contributed by atoms with Crippen LogP contribution in [0.1, 0.15) is 54.5 Å². The first-order chi connectivity index (χ1) is 16.7. The number of nitrogens with one attached hydrogen (secondary N) is 1. The number of piperidine rings is 1. The standard InChI is InChI=1S/C25H26F6N2O3/c1-16(17-11-19(24(26,27)28)13-20(12-17)25(29,30)31)36-15-23(18-5-3-2-4-6-18)8-7-22(9-10-34,14-33-23)21(32)35/h2-6,10-13,16,33H,7-9,14-15H2,1H3,(H2,32,35)/t16-,22?,23-/m1/s1. The molecule has 0 saturated carbocycles. The predicted octanol–water partition coefficient (Wildman–Crippen LogP) is 5.14. The summed E-state index contributed by atoms with van der Waals surface area (Å²) < 4.78 is 85.5. The molecule has 1 unspecified atom stereocenters. The van der Waals surface area contributed by atoms with Gasteiger partial charge in [0.25, 0.3) is 0 Å². The summed E-state index contributed by atoms with van der Waals surface area (Å²) in [4.78, 5) is 23.3. The van der Waals surface area contributed by atoms with E-state index in [1.165, 1.54) is 6.92 Å². The van der Waals surface area contributed by atoms with Gasteiger partial charge in [0.2, 0.25) is 5.91 Å². The summed E-state index contributed by atoms with van der Waals surface area (Å²) in [5.41, 5.74) is 1.18. The summed E-state index contributed by atoms with van der Waals surface area (Å²) >= 11 is 0. The van der Waals surface area contributed by atoms with E-state index in [9.17, 15) is 35.9 Å². The van der Waals surface area contributed by atoms with E-state index >= 15 is 0 Å². The van der Waals surface area contributed by atoms with Crippen molar-refractivity contribution >= 4 is 12.2 Å². The SMILES string of the molecule is C[C@@H](OC[C@@]1(c2ccccc2)CCC(CC=O)(C(N)=O)CN1)c1cc(C(F)(F)F)cc(C(F)(F)F)c1. The Hall–Kier alpha value is -2.92. The lowest BCUT2D eigenvalue weighted by Gasteiger charge is -2.46. The van der Waals surface area contributed by atoms with Crippen molar-refractivity contribution < 1.29 is 40.7 Å². The number of benzene rings is 2. The van der Waals surface area contributed by atoms with Gasteiger partial charge in [0.15, 0.2) is 0 Å². The average molecular weight is 516 g/mol. The van der Waals surface area contributed by atoms with Crippen molar-refractivity contribution in [2.45, 2.75) is 50.2 Å². The van der Waals surface area contributed by atoms with Crippen molar-refractivity contribution in [3.05, 3.63) is 70.8 Å². The molecular weight excluding hydrogens is 490 g/mol. The molecule has 11 heteroatoms. The van der Waals surface area contributed by atoms with Crippen molar-refractivity contribution in [1.82, 2.24) is 5.32 Å². The number of amides is 1. The smallest absolute Gasteiger partial charge is 0.372 e. The number of nitrogens with two attached hydrogens (primary N) is 1. The lowest BCUT2D eigenvalue weighted by atomic mass is 9.70. The number of hydrogen-bond donors (Lipinski definition) is 2. The zero-order valence-electron chi connectivity index (χ0n) is 19.4. The molecule has 1 aliphatic rings. The predicted molar refractivity (Wildman–Crippen MR) is 118 cm³/mol. The molecular formula is C25H26F6N2O3. The van der Waals surface area contributed by atoms with Gasteiger partial charge in [-0.3, -0.25) is 4.79 Å². The van der Waals surface area contributed by atoms with Crippen LogP contribution in [-0.4, -0.2) is 25.3 Å². The monoisotopic (exact) mass is 516 g/mol. The Morgan fingerprint density at radius 1 is 1.06 bits per heavy atom. The lowest BCUT2D eigenvalue weighted by molar-refractivity contribution is -0.143. The van der Waals surface area contributed by atoms with Crippen molar-refractivity contribution in [2.75, 3.05) is 13.2 Å². The average Bonchev–Trinajstić information content (AvgIpc) is 2.83. The maximum absolute atomic E-state index is 13.3. The fraction of sp³-hybridized carbons (Fsp3) is 0.440. The molecule has 0 bridgehead atoms. The second-order valence-electron chi connectivity index (χ2n) is 9.11. The van der Waals surface area contributed by atoms with Crippen LogP contribution in [0.25, 0.3) is 0 Å². The number of carbonyl (C=O) groups excluding carboxylic acids is 2. The Balaban J connectivity index is 1.90. The molecule has 3 N–H and O–H groups in total. The molecule has 3 atom stereocenters. The van der Waals surface area contributed by atoms with Gasteiger partial charge in [-0.05, 0) is 49.1 Å². The number of rotatable bonds is 8. The zero-order chi connectivity index (χ0) is 26.8. The van der Waals surface area contributed by atoms with Crippen LogP contribution < -0.4 is 11.1 Å². The molecule has 36 heavy (non-hydrogen) atoms. The Bertz CT molecular complexity index is 1050. The van der Waals surface area contributed by atoms with Crippen LogP contribution in [0.15, 0.2) is 48.5 Å². The molecule has 0 spiro atoms.